The second-order valence-corrected chi connectivity index (χ2v) is 9.61. The molecule has 0 bridgehead atoms. The summed E-state index contributed by atoms with van der Waals surface area (Å²) >= 11 is 3.47. The van der Waals surface area contributed by atoms with Gasteiger partial charge < -0.3 is 10.1 Å². The maximum Gasteiger partial charge on any atom is 0.245 e. The van der Waals surface area contributed by atoms with E-state index < -0.39 is 0 Å². The predicted octanol–water partition coefficient (Wildman–Crippen LogP) is 4.40. The molecule has 0 unspecified atom stereocenters. The number of hydroxylamine groups is 1. The lowest BCUT2D eigenvalue weighted by Gasteiger charge is -2.35. The summed E-state index contributed by atoms with van der Waals surface area (Å²) < 4.78 is 4.65. The Balaban J connectivity index is 1.80. The van der Waals surface area contributed by atoms with Crippen molar-refractivity contribution in [3.8, 4) is 10.4 Å². The molecule has 6 nitrogen and oxygen atoms in total. The lowest BCUT2D eigenvalue weighted by Crippen LogP contribution is -2.32. The number of carbonyl (C=O) groups is 2. The van der Waals surface area contributed by atoms with Crippen molar-refractivity contribution < 1.29 is 19.5 Å². The van der Waals surface area contributed by atoms with Crippen LogP contribution >= 0.6 is 23.1 Å². The molecule has 29 heavy (non-hydrogen) atoms. The van der Waals surface area contributed by atoms with Gasteiger partial charge in [-0.05, 0) is 48.4 Å². The zero-order chi connectivity index (χ0) is 20.7. The standard InChI is InChI=1S/C21H26N2O4S2/c1-27-11-9-19(24)22-16-6-4-5-15(13-16)17-7-8-18(29-17)21(14-20(25)23-26)10-2-3-12-28-21/h4-8,13,26H,2-3,9-12,14H2,1H3,(H,22,24)(H,23,25)/t21-/m0/s1. The maximum absolute atomic E-state index is 12.0. The van der Waals surface area contributed by atoms with Gasteiger partial charge in [0.2, 0.25) is 11.8 Å². The molecule has 1 fully saturated rings. The summed E-state index contributed by atoms with van der Waals surface area (Å²) in [4.78, 5) is 26.1. The molecule has 3 N–H and O–H groups in total. The monoisotopic (exact) mass is 434 g/mol. The topological polar surface area (TPSA) is 87.7 Å². The average molecular weight is 435 g/mol. The Labute approximate surface area is 179 Å². The second-order valence-electron chi connectivity index (χ2n) is 7.05. The fraction of sp³-hybridized carbons (Fsp3) is 0.429. The van der Waals surface area contributed by atoms with Crippen LogP contribution in [0.25, 0.3) is 10.4 Å². The Morgan fingerprint density at radius 1 is 1.21 bits per heavy atom. The highest BCUT2D eigenvalue weighted by Crippen LogP contribution is 2.50. The van der Waals surface area contributed by atoms with Crippen molar-refractivity contribution in [3.05, 3.63) is 41.3 Å². The zero-order valence-electron chi connectivity index (χ0n) is 16.4. The molecule has 1 aromatic heterocycles. The fourth-order valence-corrected chi connectivity index (χ4v) is 6.37. The number of ether oxygens (including phenoxy) is 1. The molecule has 1 saturated heterocycles. The molecule has 1 aliphatic rings. The first-order valence-corrected chi connectivity index (χ1v) is 11.4. The molecular formula is C21H26N2O4S2. The Morgan fingerprint density at radius 3 is 2.79 bits per heavy atom. The number of thiophene rings is 1. The Bertz CT molecular complexity index is 847. The number of carbonyl (C=O) groups excluding carboxylic acids is 2. The number of benzene rings is 1. The minimum atomic E-state index is -0.352. The lowest BCUT2D eigenvalue weighted by molar-refractivity contribution is -0.129. The molecular weight excluding hydrogens is 408 g/mol. The van der Waals surface area contributed by atoms with E-state index in [9.17, 15) is 9.59 Å². The number of methoxy groups -OCH3 is 1. The van der Waals surface area contributed by atoms with E-state index in [2.05, 4.69) is 17.4 Å². The summed E-state index contributed by atoms with van der Waals surface area (Å²) in [5.41, 5.74) is 3.56. The van der Waals surface area contributed by atoms with E-state index >= 15 is 0 Å². The third-order valence-corrected chi connectivity index (χ3v) is 8.02. The van der Waals surface area contributed by atoms with E-state index in [1.165, 1.54) is 0 Å². The van der Waals surface area contributed by atoms with E-state index in [1.54, 1.807) is 35.7 Å². The summed E-state index contributed by atoms with van der Waals surface area (Å²) in [5, 5.41) is 11.9. The van der Waals surface area contributed by atoms with Gasteiger partial charge in [-0.1, -0.05) is 18.6 Å². The zero-order valence-corrected chi connectivity index (χ0v) is 18.0. The summed E-state index contributed by atoms with van der Waals surface area (Å²) in [6.07, 6.45) is 3.72. The van der Waals surface area contributed by atoms with Crippen LogP contribution in [0.5, 0.6) is 0 Å². The number of nitrogens with one attached hydrogen (secondary N) is 2. The number of amides is 2. The smallest absolute Gasteiger partial charge is 0.245 e. The first-order chi connectivity index (χ1) is 14.1. The number of thioether (sulfide) groups is 1. The van der Waals surface area contributed by atoms with Crippen LogP contribution < -0.4 is 10.8 Å². The molecule has 156 valence electrons. The van der Waals surface area contributed by atoms with Gasteiger partial charge >= 0.3 is 0 Å². The van der Waals surface area contributed by atoms with Crippen molar-refractivity contribution >= 4 is 40.6 Å². The van der Waals surface area contributed by atoms with E-state index in [0.717, 1.165) is 46.0 Å². The van der Waals surface area contributed by atoms with Gasteiger partial charge in [-0.25, -0.2) is 5.48 Å². The quantitative estimate of drug-likeness (QED) is 0.423. The molecule has 2 heterocycles. The molecule has 1 aliphatic heterocycles. The van der Waals surface area contributed by atoms with Gasteiger partial charge in [0.15, 0.2) is 0 Å². The molecule has 0 radical (unpaired) electrons. The van der Waals surface area contributed by atoms with Gasteiger partial charge in [0.1, 0.15) is 0 Å². The van der Waals surface area contributed by atoms with Crippen LogP contribution in [0, 0.1) is 0 Å². The van der Waals surface area contributed by atoms with Gasteiger partial charge in [0.25, 0.3) is 0 Å². The third kappa shape index (κ3) is 5.60. The van der Waals surface area contributed by atoms with Gasteiger partial charge in [-0.15, -0.1) is 23.1 Å². The number of hydrogen-bond acceptors (Lipinski definition) is 6. The summed E-state index contributed by atoms with van der Waals surface area (Å²) in [6, 6.07) is 11.9. The SMILES string of the molecule is COCCC(=O)Nc1cccc(-c2ccc([C@@]3(CC(=O)NO)CCCCS3)s2)c1. The molecule has 8 heteroatoms. The highest BCUT2D eigenvalue weighted by Gasteiger charge is 2.38. The van der Waals surface area contributed by atoms with E-state index in [0.29, 0.717) is 13.0 Å². The molecule has 3 rings (SSSR count). The van der Waals surface area contributed by atoms with Crippen LogP contribution in [-0.2, 0) is 19.1 Å². The normalized spacial score (nSPS) is 19.0. The van der Waals surface area contributed by atoms with Crippen LogP contribution in [0.4, 0.5) is 5.69 Å². The fourth-order valence-electron chi connectivity index (χ4n) is 3.48. The average Bonchev–Trinajstić information content (AvgIpc) is 3.24. The molecule has 1 aromatic carbocycles. The van der Waals surface area contributed by atoms with Crippen molar-refractivity contribution in [2.24, 2.45) is 0 Å². The molecule has 0 aliphatic carbocycles. The first kappa shape index (κ1) is 21.8. The minimum Gasteiger partial charge on any atom is -0.384 e. The largest absolute Gasteiger partial charge is 0.384 e. The van der Waals surface area contributed by atoms with Crippen molar-refractivity contribution in [1.29, 1.82) is 0 Å². The molecule has 2 amide bonds. The highest BCUT2D eigenvalue weighted by atomic mass is 32.2. The lowest BCUT2D eigenvalue weighted by atomic mass is 9.94. The second kappa shape index (κ2) is 10.2. The predicted molar refractivity (Wildman–Crippen MR) is 117 cm³/mol. The minimum absolute atomic E-state index is 0.0801. The Morgan fingerprint density at radius 2 is 2.07 bits per heavy atom. The first-order valence-electron chi connectivity index (χ1n) is 9.63. The van der Waals surface area contributed by atoms with Crippen LogP contribution in [0.1, 0.15) is 37.0 Å². The van der Waals surface area contributed by atoms with Crippen molar-refractivity contribution in [1.82, 2.24) is 5.48 Å². The van der Waals surface area contributed by atoms with Gasteiger partial charge in [0.05, 0.1) is 17.8 Å². The van der Waals surface area contributed by atoms with E-state index in [4.69, 9.17) is 9.94 Å². The van der Waals surface area contributed by atoms with Crippen LogP contribution in [-0.4, -0.2) is 36.5 Å². The summed E-state index contributed by atoms with van der Waals surface area (Å²) in [5.74, 6) is 0.577. The van der Waals surface area contributed by atoms with Crippen molar-refractivity contribution in [3.63, 3.8) is 0 Å². The molecule has 2 aromatic rings. The maximum atomic E-state index is 12.0. The van der Waals surface area contributed by atoms with Crippen molar-refractivity contribution in [2.45, 2.75) is 36.9 Å². The number of rotatable bonds is 8. The summed E-state index contributed by atoms with van der Waals surface area (Å²) in [7, 11) is 1.57. The van der Waals surface area contributed by atoms with Crippen LogP contribution in [0.2, 0.25) is 0 Å². The molecule has 1 atom stereocenters. The van der Waals surface area contributed by atoms with Gasteiger partial charge in [-0.3, -0.25) is 14.8 Å². The Kier molecular flexibility index (Phi) is 7.71. The molecule has 0 saturated carbocycles. The van der Waals surface area contributed by atoms with Crippen LogP contribution in [0.3, 0.4) is 0 Å². The third-order valence-electron chi connectivity index (χ3n) is 4.94. The van der Waals surface area contributed by atoms with E-state index in [1.807, 2.05) is 24.3 Å². The van der Waals surface area contributed by atoms with Crippen molar-refractivity contribution in [2.75, 3.05) is 24.8 Å². The van der Waals surface area contributed by atoms with Crippen LogP contribution in [0.15, 0.2) is 36.4 Å². The number of hydrogen-bond donors (Lipinski definition) is 3. The highest BCUT2D eigenvalue weighted by molar-refractivity contribution is 8.00. The summed E-state index contributed by atoms with van der Waals surface area (Å²) in [6.45, 7) is 0.390. The van der Waals surface area contributed by atoms with Gasteiger partial charge in [-0.2, -0.15) is 0 Å². The van der Waals surface area contributed by atoms with Gasteiger partial charge in [0, 0.05) is 29.0 Å². The Hall–Kier alpha value is -1.87. The van der Waals surface area contributed by atoms with E-state index in [-0.39, 0.29) is 23.0 Å². The number of anilines is 1. The molecule has 0 spiro atoms.